The van der Waals surface area contributed by atoms with E-state index >= 15 is 0 Å². The minimum absolute atomic E-state index is 0.105. The Morgan fingerprint density at radius 2 is 1.50 bits per heavy atom. The van der Waals surface area contributed by atoms with Gasteiger partial charge in [0, 0.05) is 0 Å². The molecule has 0 fully saturated rings. The fourth-order valence-electron chi connectivity index (χ4n) is 0.403. The van der Waals surface area contributed by atoms with Gasteiger partial charge in [-0.3, -0.25) is 0 Å². The molecule has 0 saturated heterocycles. The largest absolute Gasteiger partial charge is 0.332 e. The molecule has 0 heterocycles. The van der Waals surface area contributed by atoms with E-state index in [0.717, 1.165) is 8.46 Å². The van der Waals surface area contributed by atoms with E-state index in [-0.39, 0.29) is 5.44 Å². The molecule has 0 bridgehead atoms. The predicted octanol–water partition coefficient (Wildman–Crippen LogP) is 1.78. The first-order valence-corrected chi connectivity index (χ1v) is 4.69. The molecule has 0 amide bonds. The molecule has 0 spiro atoms. The van der Waals surface area contributed by atoms with Crippen molar-refractivity contribution in [3.8, 4) is 0 Å². The van der Waals surface area contributed by atoms with E-state index in [1.165, 1.54) is 0 Å². The van der Waals surface area contributed by atoms with Crippen molar-refractivity contribution in [2.75, 3.05) is 0 Å². The second kappa shape index (κ2) is 3.23. The van der Waals surface area contributed by atoms with Gasteiger partial charge in [0.1, 0.15) is 0 Å². The van der Waals surface area contributed by atoms with Gasteiger partial charge in [-0.15, -0.1) is 0 Å². The first-order valence-electron chi connectivity index (χ1n) is 3.62. The second-order valence-electron chi connectivity index (χ2n) is 4.36. The average molecular weight is 158 g/mol. The van der Waals surface area contributed by atoms with E-state index in [0.29, 0.717) is 5.16 Å². The van der Waals surface area contributed by atoms with E-state index in [1.807, 2.05) is 13.8 Å². The minimum Gasteiger partial charge on any atom is -0.332 e. The maximum Gasteiger partial charge on any atom is 0.168 e. The maximum atomic E-state index is 5.79. The summed E-state index contributed by atoms with van der Waals surface area (Å²) in [6.07, 6.45) is 0. The van der Waals surface area contributed by atoms with Gasteiger partial charge in [0.15, 0.2) is 7.00 Å². The molecule has 0 rings (SSSR count). The Hall–Kier alpha value is 0.455. The van der Waals surface area contributed by atoms with Crippen LogP contribution in [0.4, 0.5) is 0 Å². The first-order chi connectivity index (χ1) is 4.21. The van der Waals surface area contributed by atoms with E-state index < -0.39 is 0 Å². The summed E-state index contributed by atoms with van der Waals surface area (Å²) in [7, 11) is 0.843. The highest BCUT2D eigenvalue weighted by molar-refractivity contribution is 7.72. The Kier molecular flexibility index (Phi) is 3.38. The molecule has 0 aromatic carbocycles. The molecule has 0 aliphatic carbocycles. The second-order valence-corrected chi connectivity index (χ2v) is 6.44. The van der Waals surface area contributed by atoms with Crippen LogP contribution < -0.4 is 5.73 Å². The van der Waals surface area contributed by atoms with Crippen molar-refractivity contribution < 1.29 is 0 Å². The van der Waals surface area contributed by atoms with Crippen molar-refractivity contribution in [3.05, 3.63) is 0 Å². The van der Waals surface area contributed by atoms with Gasteiger partial charge >= 0.3 is 0 Å². The van der Waals surface area contributed by atoms with Crippen LogP contribution in [0.25, 0.3) is 0 Å². The Morgan fingerprint density at radius 3 is 1.60 bits per heavy atom. The zero-order valence-corrected chi connectivity index (χ0v) is 8.65. The van der Waals surface area contributed by atoms with Gasteiger partial charge < -0.3 is 5.73 Å². The lowest BCUT2D eigenvalue weighted by atomic mass is 9.81. The highest BCUT2D eigenvalue weighted by Crippen LogP contribution is 2.30. The number of hydrogen-bond donors (Lipinski definition) is 1. The molecule has 2 N–H and O–H groups in total. The summed E-state index contributed by atoms with van der Waals surface area (Å²) in [5, 5.41) is 0.399. The van der Waals surface area contributed by atoms with Crippen LogP contribution >= 0.6 is 8.46 Å². The molecule has 1 nitrogen and oxygen atoms in total. The molecule has 0 saturated carbocycles. The number of rotatable bonds is 2. The van der Waals surface area contributed by atoms with Gasteiger partial charge in [-0.05, 0) is 10.6 Å². The molecule has 0 aliphatic rings. The predicted molar refractivity (Wildman–Crippen MR) is 52.1 cm³/mol. The Balaban J connectivity index is 3.56. The average Bonchev–Trinajstić information content (AvgIpc) is 1.57. The highest BCUT2D eigenvalue weighted by Gasteiger charge is 2.17. The van der Waals surface area contributed by atoms with Crippen LogP contribution in [0.1, 0.15) is 34.6 Å². The van der Waals surface area contributed by atoms with Crippen molar-refractivity contribution in [1.29, 1.82) is 0 Å². The monoisotopic (exact) mass is 158 g/mol. The highest BCUT2D eigenvalue weighted by atomic mass is 31.1. The van der Waals surface area contributed by atoms with Crippen LogP contribution in [0.5, 0.6) is 0 Å². The molecule has 1 radical (unpaired) electrons. The molecular formula is C7H18BNP. The molecule has 0 aromatic rings. The van der Waals surface area contributed by atoms with Gasteiger partial charge in [0.05, 0.1) is 0 Å². The maximum absolute atomic E-state index is 5.79. The summed E-state index contributed by atoms with van der Waals surface area (Å²) in [6, 6.07) is 0. The van der Waals surface area contributed by atoms with Gasteiger partial charge in [-0.25, -0.2) is 0 Å². The zero-order chi connectivity index (χ0) is 8.41. The Bertz CT molecular complexity index is 87.2. The normalized spacial score (nSPS) is 14.6. The number of hydrogen-bond acceptors (Lipinski definition) is 1. The van der Waals surface area contributed by atoms with Gasteiger partial charge in [-0.2, -0.15) is 8.46 Å². The fourth-order valence-corrected chi connectivity index (χ4v) is 1.21. The van der Waals surface area contributed by atoms with E-state index in [1.54, 1.807) is 0 Å². The van der Waals surface area contributed by atoms with E-state index in [2.05, 4.69) is 27.8 Å². The van der Waals surface area contributed by atoms with E-state index in [9.17, 15) is 0 Å². The van der Waals surface area contributed by atoms with Crippen LogP contribution in [-0.4, -0.2) is 17.6 Å². The third kappa shape index (κ3) is 8.45. The molecule has 1 unspecified atom stereocenters. The lowest BCUT2D eigenvalue weighted by Crippen LogP contribution is -2.38. The Labute approximate surface area is 67.1 Å². The summed E-state index contributed by atoms with van der Waals surface area (Å²) >= 11 is 0. The third-order valence-corrected chi connectivity index (χ3v) is 2.63. The van der Waals surface area contributed by atoms with Crippen LogP contribution in [0, 0.1) is 0 Å². The van der Waals surface area contributed by atoms with Crippen molar-refractivity contribution in [2.24, 2.45) is 5.73 Å². The third-order valence-electron chi connectivity index (χ3n) is 0.877. The van der Waals surface area contributed by atoms with Crippen LogP contribution in [0.3, 0.4) is 0 Å². The van der Waals surface area contributed by atoms with Gasteiger partial charge in [0.2, 0.25) is 0 Å². The molecule has 0 aromatic heterocycles. The lowest BCUT2D eigenvalue weighted by molar-refractivity contribution is 0.734. The fraction of sp³-hybridized carbons (Fsp3) is 1.00. The standard InChI is InChI=1S/C7H18BNP/c1-6(2,3)10-8-7(4,5)9/h10H,9H2,1-5H3. The van der Waals surface area contributed by atoms with Gasteiger partial charge in [0.25, 0.3) is 0 Å². The lowest BCUT2D eigenvalue weighted by Gasteiger charge is -2.24. The number of nitrogens with two attached hydrogens (primary N) is 1. The van der Waals surface area contributed by atoms with Crippen molar-refractivity contribution in [3.63, 3.8) is 0 Å². The van der Waals surface area contributed by atoms with Gasteiger partial charge in [-0.1, -0.05) is 34.6 Å². The SMILES string of the molecule is CC(C)(N)[B]PC(C)(C)C. The molecule has 10 heavy (non-hydrogen) atoms. The minimum atomic E-state index is -0.105. The van der Waals surface area contributed by atoms with Crippen LogP contribution in [-0.2, 0) is 0 Å². The molecule has 59 valence electrons. The topological polar surface area (TPSA) is 26.0 Å². The molecule has 3 heteroatoms. The van der Waals surface area contributed by atoms with Crippen molar-refractivity contribution in [1.82, 2.24) is 0 Å². The molecule has 0 aliphatic heterocycles. The zero-order valence-electron chi connectivity index (χ0n) is 7.65. The van der Waals surface area contributed by atoms with Crippen molar-refractivity contribution >= 4 is 15.5 Å². The molecular weight excluding hydrogens is 140 g/mol. The summed E-state index contributed by atoms with van der Waals surface area (Å²) in [6.45, 7) is 13.0. The van der Waals surface area contributed by atoms with Crippen molar-refractivity contribution in [2.45, 2.75) is 45.2 Å². The smallest absolute Gasteiger partial charge is 0.168 e. The summed E-state index contributed by atoms with van der Waals surface area (Å²) in [4.78, 5) is 0. The van der Waals surface area contributed by atoms with E-state index in [4.69, 9.17) is 5.73 Å². The summed E-state index contributed by atoms with van der Waals surface area (Å²) in [5.41, 5.74) is 5.69. The van der Waals surface area contributed by atoms with Crippen LogP contribution in [0.2, 0.25) is 0 Å². The first kappa shape index (κ1) is 10.5. The summed E-state index contributed by atoms with van der Waals surface area (Å²) in [5.74, 6) is 0. The van der Waals surface area contributed by atoms with Crippen LogP contribution in [0.15, 0.2) is 0 Å². The summed E-state index contributed by atoms with van der Waals surface area (Å²) < 4.78 is 0. The molecule has 1 atom stereocenters. The Morgan fingerprint density at radius 1 is 1.10 bits per heavy atom. The quantitative estimate of drug-likeness (QED) is 0.481.